The molecule has 2 aromatic carbocycles. The van der Waals surface area contributed by atoms with Crippen LogP contribution in [0.15, 0.2) is 71.4 Å². The number of nitrogens with zero attached hydrogens (tertiary/aromatic N) is 1. The van der Waals surface area contributed by atoms with Crippen molar-refractivity contribution in [3.05, 3.63) is 77.0 Å². The van der Waals surface area contributed by atoms with E-state index in [1.807, 2.05) is 30.3 Å². The highest BCUT2D eigenvalue weighted by Gasteiger charge is 2.38. The molecule has 1 heterocycles. The van der Waals surface area contributed by atoms with Crippen LogP contribution in [0, 0.1) is 0 Å². The van der Waals surface area contributed by atoms with Crippen molar-refractivity contribution in [1.82, 2.24) is 0 Å². The van der Waals surface area contributed by atoms with E-state index in [2.05, 4.69) is 0 Å². The zero-order valence-corrected chi connectivity index (χ0v) is 15.6. The van der Waals surface area contributed by atoms with Gasteiger partial charge in [0.2, 0.25) is 0 Å². The van der Waals surface area contributed by atoms with Gasteiger partial charge in [-0.2, -0.15) is 0 Å². The Kier molecular flexibility index (Phi) is 5.41. The summed E-state index contributed by atoms with van der Waals surface area (Å²) in [5, 5.41) is 0. The fourth-order valence-corrected chi connectivity index (χ4v) is 3.04. The minimum atomic E-state index is -0.499. The number of anilines is 1. The molecule has 138 valence electrons. The predicted molar refractivity (Wildman–Crippen MR) is 104 cm³/mol. The van der Waals surface area contributed by atoms with Crippen LogP contribution in [0.25, 0.3) is 6.08 Å². The van der Waals surface area contributed by atoms with Crippen LogP contribution in [0.3, 0.4) is 0 Å². The number of rotatable bonds is 5. The Labute approximate surface area is 158 Å². The van der Waals surface area contributed by atoms with Gasteiger partial charge in [0.15, 0.2) is 0 Å². The van der Waals surface area contributed by atoms with Crippen LogP contribution in [0.4, 0.5) is 5.69 Å². The molecule has 0 saturated heterocycles. The molecule has 0 fully saturated rings. The van der Waals surface area contributed by atoms with E-state index in [0.717, 1.165) is 5.56 Å². The van der Waals surface area contributed by atoms with Gasteiger partial charge in [0.05, 0.1) is 24.9 Å². The molecule has 5 nitrogen and oxygen atoms in total. The van der Waals surface area contributed by atoms with Crippen LogP contribution in [0.1, 0.15) is 19.4 Å². The molecule has 0 N–H and O–H groups in total. The van der Waals surface area contributed by atoms with E-state index in [4.69, 9.17) is 9.47 Å². The van der Waals surface area contributed by atoms with Crippen LogP contribution in [-0.2, 0) is 14.3 Å². The van der Waals surface area contributed by atoms with E-state index in [1.165, 1.54) is 4.90 Å². The maximum atomic E-state index is 13.2. The second kappa shape index (κ2) is 7.91. The van der Waals surface area contributed by atoms with Crippen LogP contribution in [0.2, 0.25) is 0 Å². The molecule has 0 atom stereocenters. The second-order valence-corrected chi connectivity index (χ2v) is 5.99. The number of allylic oxidation sites excluding steroid dienone is 1. The van der Waals surface area contributed by atoms with Gasteiger partial charge in [0, 0.05) is 11.4 Å². The van der Waals surface area contributed by atoms with E-state index in [1.54, 1.807) is 51.3 Å². The molecule has 0 aliphatic carbocycles. The molecular weight excluding hydrogens is 342 g/mol. The Balaban J connectivity index is 2.09. The topological polar surface area (TPSA) is 55.8 Å². The van der Waals surface area contributed by atoms with Crippen LogP contribution in [0.5, 0.6) is 5.75 Å². The lowest BCUT2D eigenvalue weighted by molar-refractivity contribution is -0.138. The third-order valence-corrected chi connectivity index (χ3v) is 4.32. The lowest BCUT2D eigenvalue weighted by Crippen LogP contribution is -2.24. The third kappa shape index (κ3) is 3.62. The monoisotopic (exact) mass is 363 g/mol. The van der Waals surface area contributed by atoms with Gasteiger partial charge >= 0.3 is 5.97 Å². The molecule has 5 heteroatoms. The second-order valence-electron chi connectivity index (χ2n) is 5.99. The van der Waals surface area contributed by atoms with E-state index < -0.39 is 5.97 Å². The van der Waals surface area contributed by atoms with Gasteiger partial charge in [-0.25, -0.2) is 4.79 Å². The molecule has 0 radical (unpaired) electrons. The molecule has 1 aliphatic rings. The molecule has 3 rings (SSSR count). The summed E-state index contributed by atoms with van der Waals surface area (Å²) >= 11 is 0. The van der Waals surface area contributed by atoms with E-state index in [-0.39, 0.29) is 12.5 Å². The third-order valence-electron chi connectivity index (χ3n) is 4.32. The van der Waals surface area contributed by atoms with Gasteiger partial charge in [-0.1, -0.05) is 30.3 Å². The number of carbonyl (C=O) groups excluding carboxylic acids is 2. The van der Waals surface area contributed by atoms with Crippen LogP contribution in [-0.4, -0.2) is 25.6 Å². The highest BCUT2D eigenvalue weighted by atomic mass is 16.5. The number of carbonyl (C=O) groups is 2. The van der Waals surface area contributed by atoms with Crippen molar-refractivity contribution < 1.29 is 19.1 Å². The molecule has 1 amide bonds. The van der Waals surface area contributed by atoms with Crippen LogP contribution >= 0.6 is 0 Å². The van der Waals surface area contributed by atoms with Crippen molar-refractivity contribution in [2.45, 2.75) is 13.8 Å². The molecule has 0 saturated carbocycles. The Morgan fingerprint density at radius 1 is 1.07 bits per heavy atom. The summed E-state index contributed by atoms with van der Waals surface area (Å²) in [6.07, 6.45) is 1.72. The number of ether oxygens (including phenoxy) is 2. The molecule has 0 aromatic heterocycles. The smallest absolute Gasteiger partial charge is 0.340 e. The number of methoxy groups -OCH3 is 1. The first-order chi connectivity index (χ1) is 13.1. The average Bonchev–Trinajstić information content (AvgIpc) is 2.93. The van der Waals surface area contributed by atoms with Crippen molar-refractivity contribution >= 4 is 23.6 Å². The molecule has 1 aliphatic heterocycles. The highest BCUT2D eigenvalue weighted by molar-refractivity contribution is 6.23. The zero-order chi connectivity index (χ0) is 19.4. The first-order valence-corrected chi connectivity index (χ1v) is 8.70. The van der Waals surface area contributed by atoms with Gasteiger partial charge in [-0.3, -0.25) is 9.69 Å². The summed E-state index contributed by atoms with van der Waals surface area (Å²) in [6.45, 7) is 3.73. The number of hydrogen-bond donors (Lipinski definition) is 0. The number of esters is 1. The van der Waals surface area contributed by atoms with Crippen molar-refractivity contribution in [2.75, 3.05) is 18.6 Å². The highest BCUT2D eigenvalue weighted by Crippen LogP contribution is 2.36. The Hall–Kier alpha value is -3.34. The molecule has 0 spiro atoms. The number of hydrogen-bond acceptors (Lipinski definition) is 4. The summed E-state index contributed by atoms with van der Waals surface area (Å²) in [5.74, 6) is -0.0659. The fraction of sp³-hybridized carbons (Fsp3) is 0.182. The number of benzene rings is 2. The standard InChI is InChI=1S/C22H21NO4/c1-4-27-22(25)20-15(2)23(17-10-12-18(26-3)13-11-17)21(24)19(20)14-16-8-6-5-7-9-16/h5-14H,4H2,1-3H3/b19-14-. The van der Waals surface area contributed by atoms with E-state index in [0.29, 0.717) is 28.3 Å². The fourth-order valence-electron chi connectivity index (χ4n) is 3.04. The maximum Gasteiger partial charge on any atom is 0.340 e. The lowest BCUT2D eigenvalue weighted by Gasteiger charge is -2.18. The summed E-state index contributed by atoms with van der Waals surface area (Å²) in [5.41, 5.74) is 2.67. The molecular formula is C22H21NO4. The Morgan fingerprint density at radius 2 is 1.74 bits per heavy atom. The first-order valence-electron chi connectivity index (χ1n) is 8.70. The van der Waals surface area contributed by atoms with Crippen molar-refractivity contribution in [3.63, 3.8) is 0 Å². The van der Waals surface area contributed by atoms with Gasteiger partial charge in [0.1, 0.15) is 5.75 Å². The zero-order valence-electron chi connectivity index (χ0n) is 15.6. The largest absolute Gasteiger partial charge is 0.497 e. The molecule has 2 aromatic rings. The maximum absolute atomic E-state index is 13.2. The lowest BCUT2D eigenvalue weighted by atomic mass is 10.0. The minimum Gasteiger partial charge on any atom is -0.497 e. The Bertz CT molecular complexity index is 911. The van der Waals surface area contributed by atoms with Gasteiger partial charge in [-0.05, 0) is 49.8 Å². The minimum absolute atomic E-state index is 0.241. The Morgan fingerprint density at radius 3 is 2.33 bits per heavy atom. The molecule has 0 bridgehead atoms. The van der Waals surface area contributed by atoms with Crippen molar-refractivity contribution in [3.8, 4) is 5.75 Å². The van der Waals surface area contributed by atoms with Crippen molar-refractivity contribution in [2.24, 2.45) is 0 Å². The molecule has 0 unspecified atom stereocenters. The SMILES string of the molecule is CCOC(=O)C1=C(C)N(c2ccc(OC)cc2)C(=O)/C1=C\c1ccccc1. The quantitative estimate of drug-likeness (QED) is 0.596. The number of amides is 1. The van der Waals surface area contributed by atoms with Gasteiger partial charge in [0.25, 0.3) is 5.91 Å². The summed E-state index contributed by atoms with van der Waals surface area (Å²) < 4.78 is 10.4. The van der Waals surface area contributed by atoms with Crippen LogP contribution < -0.4 is 9.64 Å². The van der Waals surface area contributed by atoms with Crippen molar-refractivity contribution in [1.29, 1.82) is 0 Å². The first kappa shape index (κ1) is 18.5. The molecule has 27 heavy (non-hydrogen) atoms. The van der Waals surface area contributed by atoms with Gasteiger partial charge in [-0.15, -0.1) is 0 Å². The predicted octanol–water partition coefficient (Wildman–Crippen LogP) is 3.96. The summed E-state index contributed by atoms with van der Waals surface area (Å²) in [7, 11) is 1.58. The van der Waals surface area contributed by atoms with E-state index in [9.17, 15) is 9.59 Å². The summed E-state index contributed by atoms with van der Waals surface area (Å²) in [4.78, 5) is 27.3. The normalized spacial score (nSPS) is 15.4. The van der Waals surface area contributed by atoms with E-state index >= 15 is 0 Å². The van der Waals surface area contributed by atoms with Gasteiger partial charge < -0.3 is 9.47 Å². The average molecular weight is 363 g/mol. The summed E-state index contributed by atoms with van der Waals surface area (Å²) in [6, 6.07) is 16.6.